The lowest BCUT2D eigenvalue weighted by molar-refractivity contribution is -0.118. The van der Waals surface area contributed by atoms with Crippen LogP contribution in [0.4, 0.5) is 0 Å². The Morgan fingerprint density at radius 3 is 2.81 bits per heavy atom. The van der Waals surface area contributed by atoms with E-state index < -0.39 is 0 Å². The zero-order valence-corrected chi connectivity index (χ0v) is 15.0. The van der Waals surface area contributed by atoms with Gasteiger partial charge in [-0.15, -0.1) is 10.2 Å². The van der Waals surface area contributed by atoms with Crippen LogP contribution in [0, 0.1) is 0 Å². The molecule has 134 valence electrons. The van der Waals surface area contributed by atoms with Gasteiger partial charge in [-0.05, 0) is 12.8 Å². The van der Waals surface area contributed by atoms with Gasteiger partial charge in [0.05, 0.1) is 5.69 Å². The predicted molar refractivity (Wildman–Crippen MR) is 97.3 cm³/mol. The van der Waals surface area contributed by atoms with Crippen molar-refractivity contribution in [1.82, 2.24) is 19.9 Å². The molecule has 2 N–H and O–H groups in total. The van der Waals surface area contributed by atoms with Crippen LogP contribution in [0.2, 0.25) is 0 Å². The van der Waals surface area contributed by atoms with Crippen LogP contribution in [0.1, 0.15) is 36.7 Å². The molecule has 1 aliphatic carbocycles. The number of primary amides is 1. The second-order valence-corrected chi connectivity index (χ2v) is 7.26. The molecule has 1 aromatic carbocycles. The Bertz CT molecular complexity index is 901. The molecule has 0 radical (unpaired) electrons. The summed E-state index contributed by atoms with van der Waals surface area (Å²) in [6.07, 6.45) is 2.54. The van der Waals surface area contributed by atoms with Gasteiger partial charge in [-0.1, -0.05) is 47.3 Å². The van der Waals surface area contributed by atoms with Crippen molar-refractivity contribution < 1.29 is 9.32 Å². The third-order valence-electron chi connectivity index (χ3n) is 4.24. The molecule has 1 amide bonds. The number of carbonyl (C=O) groups excluding carboxylic acids is 1. The van der Waals surface area contributed by atoms with Crippen LogP contribution in [0.5, 0.6) is 0 Å². The van der Waals surface area contributed by atoms with Crippen LogP contribution in [-0.2, 0) is 17.1 Å². The quantitative estimate of drug-likeness (QED) is 0.613. The molecule has 1 fully saturated rings. The highest BCUT2D eigenvalue weighted by atomic mass is 32.2. The summed E-state index contributed by atoms with van der Waals surface area (Å²) >= 11 is 1.54. The van der Waals surface area contributed by atoms with Crippen molar-refractivity contribution >= 4 is 17.7 Å². The zero-order chi connectivity index (χ0) is 17.9. The maximum absolute atomic E-state index is 11.2. The fraction of sp³-hybridized carbons (Fsp3) is 0.333. The number of benzene rings is 1. The van der Waals surface area contributed by atoms with E-state index in [9.17, 15) is 4.79 Å². The highest BCUT2D eigenvalue weighted by Gasteiger charge is 2.30. The number of nitrogens with two attached hydrogens (primary N) is 1. The molecule has 2 heterocycles. The third kappa shape index (κ3) is 3.80. The lowest BCUT2D eigenvalue weighted by Crippen LogP contribution is -2.15. The standard InChI is InChI=1S/C18H19N5O2S/c19-16(24)8-9-23-17(13-6-7-13)20-21-18(23)26-11-14-10-15(25-22-14)12-4-2-1-3-5-12/h1-5,10,13H,6-9,11H2,(H2,19,24). The van der Waals surface area contributed by atoms with Gasteiger partial charge >= 0.3 is 0 Å². The Hall–Kier alpha value is -2.61. The maximum Gasteiger partial charge on any atom is 0.219 e. The van der Waals surface area contributed by atoms with Crippen molar-refractivity contribution in [2.45, 2.75) is 42.6 Å². The molecule has 0 aliphatic heterocycles. The number of hydrogen-bond acceptors (Lipinski definition) is 6. The van der Waals surface area contributed by atoms with Gasteiger partial charge in [-0.2, -0.15) is 0 Å². The Morgan fingerprint density at radius 2 is 2.08 bits per heavy atom. The number of aromatic nitrogens is 4. The zero-order valence-electron chi connectivity index (χ0n) is 14.2. The summed E-state index contributed by atoms with van der Waals surface area (Å²) in [4.78, 5) is 11.2. The van der Waals surface area contributed by atoms with Crippen molar-refractivity contribution in [2.75, 3.05) is 0 Å². The smallest absolute Gasteiger partial charge is 0.219 e. The lowest BCUT2D eigenvalue weighted by Gasteiger charge is -2.07. The van der Waals surface area contributed by atoms with Crippen molar-refractivity contribution in [3.05, 3.63) is 47.9 Å². The highest BCUT2D eigenvalue weighted by Crippen LogP contribution is 2.40. The summed E-state index contributed by atoms with van der Waals surface area (Å²) < 4.78 is 7.45. The van der Waals surface area contributed by atoms with Crippen LogP contribution < -0.4 is 5.73 Å². The van der Waals surface area contributed by atoms with Crippen LogP contribution in [0.3, 0.4) is 0 Å². The Kier molecular flexibility index (Phi) is 4.75. The number of hydrogen-bond donors (Lipinski definition) is 1. The van der Waals surface area contributed by atoms with E-state index in [2.05, 4.69) is 15.4 Å². The lowest BCUT2D eigenvalue weighted by atomic mass is 10.2. The van der Waals surface area contributed by atoms with Gasteiger partial charge in [0.1, 0.15) is 5.82 Å². The van der Waals surface area contributed by atoms with E-state index >= 15 is 0 Å². The molecule has 4 rings (SSSR count). The molecular weight excluding hydrogens is 350 g/mol. The number of carbonyl (C=O) groups is 1. The molecule has 0 bridgehead atoms. The molecular formula is C18H19N5O2S. The van der Waals surface area contributed by atoms with E-state index in [0.717, 1.165) is 40.8 Å². The first-order chi connectivity index (χ1) is 12.7. The Balaban J connectivity index is 1.46. The molecule has 0 unspecified atom stereocenters. The van der Waals surface area contributed by atoms with Crippen molar-refractivity contribution in [1.29, 1.82) is 0 Å². The van der Waals surface area contributed by atoms with Gasteiger partial charge in [0, 0.05) is 36.3 Å². The molecule has 0 atom stereocenters. The molecule has 7 nitrogen and oxygen atoms in total. The summed E-state index contributed by atoms with van der Waals surface area (Å²) in [6, 6.07) is 11.8. The van der Waals surface area contributed by atoms with Crippen LogP contribution >= 0.6 is 11.8 Å². The molecule has 1 saturated carbocycles. The summed E-state index contributed by atoms with van der Waals surface area (Å²) in [5.41, 5.74) is 7.14. The maximum atomic E-state index is 11.2. The van der Waals surface area contributed by atoms with Gasteiger partial charge in [0.2, 0.25) is 5.91 Å². The van der Waals surface area contributed by atoms with Crippen LogP contribution in [0.15, 0.2) is 46.1 Å². The first-order valence-electron chi connectivity index (χ1n) is 8.56. The minimum absolute atomic E-state index is 0.285. The summed E-state index contributed by atoms with van der Waals surface area (Å²) in [6.45, 7) is 0.518. The largest absolute Gasteiger partial charge is 0.370 e. The minimum atomic E-state index is -0.319. The van der Waals surface area contributed by atoms with Gasteiger partial charge in [0.15, 0.2) is 10.9 Å². The summed E-state index contributed by atoms with van der Waals surface area (Å²) in [5, 5.41) is 13.5. The van der Waals surface area contributed by atoms with Gasteiger partial charge < -0.3 is 14.8 Å². The van der Waals surface area contributed by atoms with E-state index in [1.54, 1.807) is 11.8 Å². The van der Waals surface area contributed by atoms with E-state index in [-0.39, 0.29) is 12.3 Å². The second kappa shape index (κ2) is 7.33. The van der Waals surface area contributed by atoms with E-state index in [1.165, 1.54) is 0 Å². The van der Waals surface area contributed by atoms with Gasteiger partial charge in [-0.3, -0.25) is 4.79 Å². The first kappa shape index (κ1) is 16.8. The van der Waals surface area contributed by atoms with Crippen LogP contribution in [0.25, 0.3) is 11.3 Å². The van der Waals surface area contributed by atoms with Crippen molar-refractivity contribution in [2.24, 2.45) is 5.73 Å². The van der Waals surface area contributed by atoms with E-state index in [4.69, 9.17) is 10.3 Å². The first-order valence-corrected chi connectivity index (χ1v) is 9.54. The molecule has 8 heteroatoms. The average Bonchev–Trinajstić information content (AvgIpc) is 3.24. The predicted octanol–water partition coefficient (Wildman–Crippen LogP) is 2.98. The monoisotopic (exact) mass is 369 g/mol. The van der Waals surface area contributed by atoms with Gasteiger partial charge in [0.25, 0.3) is 0 Å². The number of thioether (sulfide) groups is 1. The fourth-order valence-electron chi connectivity index (χ4n) is 2.74. The number of amides is 1. The van der Waals surface area contributed by atoms with Gasteiger partial charge in [-0.25, -0.2) is 0 Å². The SMILES string of the molecule is NC(=O)CCn1c(SCc2cc(-c3ccccc3)on2)nnc1C1CC1. The van der Waals surface area contributed by atoms with E-state index in [1.807, 2.05) is 41.0 Å². The van der Waals surface area contributed by atoms with Crippen molar-refractivity contribution in [3.63, 3.8) is 0 Å². The number of nitrogens with zero attached hydrogens (tertiary/aromatic N) is 4. The third-order valence-corrected chi connectivity index (χ3v) is 5.24. The number of rotatable bonds is 8. The molecule has 26 heavy (non-hydrogen) atoms. The van der Waals surface area contributed by atoms with E-state index in [0.29, 0.717) is 18.2 Å². The molecule has 3 aromatic rings. The highest BCUT2D eigenvalue weighted by molar-refractivity contribution is 7.98. The van der Waals surface area contributed by atoms with Crippen molar-refractivity contribution in [3.8, 4) is 11.3 Å². The summed E-state index contributed by atoms with van der Waals surface area (Å²) in [5.74, 6) is 2.46. The Labute approximate surface area is 155 Å². The average molecular weight is 369 g/mol. The Morgan fingerprint density at radius 1 is 1.27 bits per heavy atom. The minimum Gasteiger partial charge on any atom is -0.370 e. The second-order valence-electron chi connectivity index (χ2n) is 6.32. The van der Waals surface area contributed by atoms with Crippen LogP contribution in [-0.4, -0.2) is 25.8 Å². The topological polar surface area (TPSA) is 99.8 Å². The molecule has 1 aliphatic rings. The molecule has 0 spiro atoms. The fourth-order valence-corrected chi connectivity index (χ4v) is 3.59. The molecule has 2 aromatic heterocycles. The molecule has 0 saturated heterocycles. The normalized spacial score (nSPS) is 13.8. The summed E-state index contributed by atoms with van der Waals surface area (Å²) in [7, 11) is 0.